The number of thiophene rings is 1. The predicted molar refractivity (Wildman–Crippen MR) is 117 cm³/mol. The monoisotopic (exact) mass is 432 g/mol. The van der Waals surface area contributed by atoms with Gasteiger partial charge in [-0.25, -0.2) is 12.7 Å². The number of hydrogen-bond acceptors (Lipinski definition) is 4. The average Bonchev–Trinajstić information content (AvgIpc) is 3.25. The summed E-state index contributed by atoms with van der Waals surface area (Å²) in [5.41, 5.74) is 3.98. The van der Waals surface area contributed by atoms with Gasteiger partial charge in [0, 0.05) is 23.9 Å². The van der Waals surface area contributed by atoms with Gasteiger partial charge in [0.1, 0.15) is 0 Å². The van der Waals surface area contributed by atoms with Crippen molar-refractivity contribution in [3.05, 3.63) is 57.3 Å². The fourth-order valence-corrected chi connectivity index (χ4v) is 6.09. The Morgan fingerprint density at radius 1 is 1.14 bits per heavy atom. The summed E-state index contributed by atoms with van der Waals surface area (Å²) in [5, 5.41) is 5.31. The van der Waals surface area contributed by atoms with E-state index in [4.69, 9.17) is 0 Å². The van der Waals surface area contributed by atoms with E-state index in [1.807, 2.05) is 11.4 Å². The standard InChI is InChI=1S/C22H28N2O3S2/c1-29(26,27)24-12-10-17(11-13-24)22(25)23-21(20-7-4-14-28-20)19-9-8-16-5-2-3-6-18(16)15-19/h4,7-9,14-15,17,21H,2-3,5-6,10-13H2,1H3,(H,23,25). The number of carbonyl (C=O) groups excluding carboxylic acids is 1. The zero-order valence-corrected chi connectivity index (χ0v) is 18.4. The molecule has 1 aromatic carbocycles. The number of benzene rings is 1. The van der Waals surface area contributed by atoms with E-state index in [2.05, 4.69) is 29.6 Å². The quantitative estimate of drug-likeness (QED) is 0.786. The van der Waals surface area contributed by atoms with E-state index in [0.29, 0.717) is 25.9 Å². The Hall–Kier alpha value is -1.70. The maximum absolute atomic E-state index is 13.0. The zero-order valence-electron chi connectivity index (χ0n) is 16.8. The topological polar surface area (TPSA) is 66.5 Å². The van der Waals surface area contributed by atoms with Crippen LogP contribution in [0.15, 0.2) is 35.7 Å². The van der Waals surface area contributed by atoms with E-state index in [-0.39, 0.29) is 17.9 Å². The fourth-order valence-electron chi connectivity index (χ4n) is 4.42. The normalized spacial score (nSPS) is 19.5. The molecule has 0 bridgehead atoms. The smallest absolute Gasteiger partial charge is 0.223 e. The van der Waals surface area contributed by atoms with Crippen molar-refractivity contribution in [1.29, 1.82) is 0 Å². The largest absolute Gasteiger partial charge is 0.344 e. The molecular weight excluding hydrogens is 404 g/mol. The van der Waals surface area contributed by atoms with Gasteiger partial charge in [-0.15, -0.1) is 11.3 Å². The van der Waals surface area contributed by atoms with Crippen molar-refractivity contribution < 1.29 is 13.2 Å². The van der Waals surface area contributed by atoms with Crippen LogP contribution in [-0.2, 0) is 27.7 Å². The molecule has 5 nitrogen and oxygen atoms in total. The van der Waals surface area contributed by atoms with Gasteiger partial charge < -0.3 is 5.32 Å². The summed E-state index contributed by atoms with van der Waals surface area (Å²) in [5.74, 6) is -0.123. The molecule has 1 atom stereocenters. The van der Waals surface area contributed by atoms with Crippen LogP contribution in [0.3, 0.4) is 0 Å². The maximum Gasteiger partial charge on any atom is 0.223 e. The second-order valence-electron chi connectivity index (χ2n) is 8.13. The lowest BCUT2D eigenvalue weighted by atomic mass is 9.88. The van der Waals surface area contributed by atoms with Crippen molar-refractivity contribution >= 4 is 27.3 Å². The van der Waals surface area contributed by atoms with Crippen LogP contribution in [0.5, 0.6) is 0 Å². The second-order valence-corrected chi connectivity index (χ2v) is 11.1. The van der Waals surface area contributed by atoms with E-state index in [1.165, 1.54) is 34.5 Å². The van der Waals surface area contributed by atoms with Crippen LogP contribution in [0, 0.1) is 5.92 Å². The van der Waals surface area contributed by atoms with Gasteiger partial charge in [0.25, 0.3) is 0 Å². The van der Waals surface area contributed by atoms with E-state index in [9.17, 15) is 13.2 Å². The number of amides is 1. The molecule has 2 aromatic rings. The van der Waals surface area contributed by atoms with Crippen molar-refractivity contribution in [2.24, 2.45) is 5.92 Å². The molecule has 1 aromatic heterocycles. The average molecular weight is 433 g/mol. The Balaban J connectivity index is 1.51. The molecule has 156 valence electrons. The molecular formula is C22H28N2O3S2. The minimum atomic E-state index is -3.18. The van der Waals surface area contributed by atoms with Crippen molar-refractivity contribution in [2.75, 3.05) is 19.3 Å². The first kappa shape index (κ1) is 20.6. The van der Waals surface area contributed by atoms with Gasteiger partial charge >= 0.3 is 0 Å². The minimum Gasteiger partial charge on any atom is -0.344 e. The number of rotatable bonds is 5. The van der Waals surface area contributed by atoms with E-state index >= 15 is 0 Å². The van der Waals surface area contributed by atoms with Crippen molar-refractivity contribution in [2.45, 2.75) is 44.6 Å². The number of sulfonamides is 1. The van der Waals surface area contributed by atoms with Crippen LogP contribution in [0.4, 0.5) is 0 Å². The molecule has 29 heavy (non-hydrogen) atoms. The molecule has 0 radical (unpaired) electrons. The highest BCUT2D eigenvalue weighted by Gasteiger charge is 2.30. The predicted octanol–water partition coefficient (Wildman–Crippen LogP) is 3.50. The summed E-state index contributed by atoms with van der Waals surface area (Å²) in [7, 11) is -3.18. The Morgan fingerprint density at radius 2 is 1.86 bits per heavy atom. The molecule has 2 aliphatic rings. The highest BCUT2D eigenvalue weighted by Crippen LogP contribution is 2.31. The lowest BCUT2D eigenvalue weighted by Crippen LogP contribution is -2.43. The molecule has 0 spiro atoms. The Morgan fingerprint density at radius 3 is 2.52 bits per heavy atom. The third-order valence-corrected chi connectivity index (χ3v) is 8.35. The molecule has 1 N–H and O–H groups in total. The number of hydrogen-bond donors (Lipinski definition) is 1. The summed E-state index contributed by atoms with van der Waals surface area (Å²) in [6.45, 7) is 0.832. The summed E-state index contributed by atoms with van der Waals surface area (Å²) in [4.78, 5) is 14.2. The van der Waals surface area contributed by atoms with Crippen LogP contribution < -0.4 is 5.32 Å². The summed E-state index contributed by atoms with van der Waals surface area (Å²) >= 11 is 1.65. The van der Waals surface area contributed by atoms with Crippen molar-refractivity contribution in [3.8, 4) is 0 Å². The molecule has 4 rings (SSSR count). The number of aryl methyl sites for hydroxylation is 2. The minimum absolute atomic E-state index is 0.0225. The van der Waals surface area contributed by atoms with Crippen LogP contribution in [0.1, 0.15) is 53.3 Å². The Labute approximate surface area is 177 Å². The first-order chi connectivity index (χ1) is 13.9. The molecule has 1 amide bonds. The molecule has 1 saturated heterocycles. The van der Waals surface area contributed by atoms with Crippen LogP contribution in [-0.4, -0.2) is 38.0 Å². The molecule has 1 fully saturated rings. The van der Waals surface area contributed by atoms with Crippen molar-refractivity contribution in [1.82, 2.24) is 9.62 Å². The van der Waals surface area contributed by atoms with Gasteiger partial charge in [-0.3, -0.25) is 4.79 Å². The van der Waals surface area contributed by atoms with E-state index in [1.54, 1.807) is 11.3 Å². The number of nitrogens with zero attached hydrogens (tertiary/aromatic N) is 1. The first-order valence-electron chi connectivity index (χ1n) is 10.3. The van der Waals surface area contributed by atoms with Gasteiger partial charge in [0.15, 0.2) is 0 Å². The fraction of sp³-hybridized carbons (Fsp3) is 0.500. The van der Waals surface area contributed by atoms with Gasteiger partial charge in [0.2, 0.25) is 15.9 Å². The van der Waals surface area contributed by atoms with E-state index < -0.39 is 10.0 Å². The molecule has 2 heterocycles. The lowest BCUT2D eigenvalue weighted by Gasteiger charge is -2.30. The molecule has 1 aliphatic carbocycles. The number of fused-ring (bicyclic) bond motifs is 1. The van der Waals surface area contributed by atoms with E-state index in [0.717, 1.165) is 23.3 Å². The molecule has 7 heteroatoms. The Kier molecular flexibility index (Phi) is 6.08. The summed E-state index contributed by atoms with van der Waals surface area (Å²) < 4.78 is 24.9. The van der Waals surface area contributed by atoms with Crippen LogP contribution >= 0.6 is 11.3 Å². The van der Waals surface area contributed by atoms with Gasteiger partial charge in [0.05, 0.1) is 12.3 Å². The van der Waals surface area contributed by atoms with Crippen molar-refractivity contribution in [3.63, 3.8) is 0 Å². The summed E-state index contributed by atoms with van der Waals surface area (Å²) in [6.07, 6.45) is 7.11. The van der Waals surface area contributed by atoms with Crippen LogP contribution in [0.2, 0.25) is 0 Å². The second kappa shape index (κ2) is 8.58. The number of piperidine rings is 1. The van der Waals surface area contributed by atoms with Gasteiger partial charge in [-0.1, -0.05) is 24.3 Å². The van der Waals surface area contributed by atoms with Gasteiger partial charge in [-0.05, 0) is 66.7 Å². The summed E-state index contributed by atoms with van der Waals surface area (Å²) in [6, 6.07) is 10.6. The Bertz CT molecular complexity index is 962. The first-order valence-corrected chi connectivity index (χ1v) is 13.1. The third kappa shape index (κ3) is 4.73. The number of carbonyl (C=O) groups is 1. The van der Waals surface area contributed by atoms with Gasteiger partial charge in [-0.2, -0.15) is 0 Å². The van der Waals surface area contributed by atoms with Crippen LogP contribution in [0.25, 0.3) is 0 Å². The highest BCUT2D eigenvalue weighted by molar-refractivity contribution is 7.88. The molecule has 1 unspecified atom stereocenters. The molecule has 1 aliphatic heterocycles. The third-order valence-electron chi connectivity index (χ3n) is 6.11. The molecule has 0 saturated carbocycles. The highest BCUT2D eigenvalue weighted by atomic mass is 32.2. The lowest BCUT2D eigenvalue weighted by molar-refractivity contribution is -0.126. The zero-order chi connectivity index (χ0) is 20.4. The number of nitrogens with one attached hydrogen (secondary N) is 1. The maximum atomic E-state index is 13.0. The SMILES string of the molecule is CS(=O)(=O)N1CCC(C(=O)NC(c2ccc3c(c2)CCCC3)c2cccs2)CC1.